The number of benzene rings is 7. The summed E-state index contributed by atoms with van der Waals surface area (Å²) < 4.78 is 0. The van der Waals surface area contributed by atoms with E-state index < -0.39 is 0 Å². The topological polar surface area (TPSA) is 0 Å². The van der Waals surface area contributed by atoms with Gasteiger partial charge in [0.05, 0.1) is 0 Å². The Hall–Kier alpha value is -5.72. The zero-order chi connectivity index (χ0) is 35.1. The van der Waals surface area contributed by atoms with Crippen LogP contribution < -0.4 is 0 Å². The molecule has 248 valence electrons. The van der Waals surface area contributed by atoms with Crippen LogP contribution in [0.15, 0.2) is 164 Å². The van der Waals surface area contributed by atoms with E-state index in [9.17, 15) is 0 Å². The Balaban J connectivity index is 1.19. The Bertz CT molecular complexity index is 2530. The predicted octanol–water partition coefficient (Wildman–Crippen LogP) is 14.7. The molecule has 0 radical (unpaired) electrons. The summed E-state index contributed by atoms with van der Waals surface area (Å²) in [6.07, 6.45) is 8.59. The molecule has 1 aliphatic carbocycles. The van der Waals surface area contributed by atoms with Crippen molar-refractivity contribution >= 4 is 27.1 Å². The van der Waals surface area contributed by atoms with E-state index in [0.717, 1.165) is 0 Å². The van der Waals surface area contributed by atoms with Gasteiger partial charge in [0, 0.05) is 0 Å². The minimum Gasteiger partial charge on any atom is -0.0991 e. The van der Waals surface area contributed by atoms with Crippen LogP contribution in [0.5, 0.6) is 0 Å². The lowest BCUT2D eigenvalue weighted by atomic mass is 9.87. The first-order valence-electron chi connectivity index (χ1n) is 18.2. The minimum absolute atomic E-state index is 0.656. The van der Waals surface area contributed by atoms with Gasteiger partial charge in [-0.05, 0) is 159 Å². The van der Waals surface area contributed by atoms with Crippen LogP contribution in [0.2, 0.25) is 0 Å². The highest BCUT2D eigenvalue weighted by atomic mass is 14.3. The van der Waals surface area contributed by atoms with Crippen LogP contribution in [-0.4, -0.2) is 0 Å². The second kappa shape index (κ2) is 13.5. The molecule has 7 aromatic carbocycles. The Morgan fingerprint density at radius 1 is 0.588 bits per heavy atom. The lowest BCUT2D eigenvalue weighted by Gasteiger charge is -2.17. The zero-order valence-corrected chi connectivity index (χ0v) is 30.1. The third-order valence-corrected chi connectivity index (χ3v) is 10.7. The van der Waals surface area contributed by atoms with Crippen molar-refractivity contribution in [1.82, 2.24) is 0 Å². The summed E-state index contributed by atoms with van der Waals surface area (Å²) in [6, 6.07) is 49.9. The van der Waals surface area contributed by atoms with E-state index in [-0.39, 0.29) is 0 Å². The highest BCUT2D eigenvalue weighted by Gasteiger charge is 2.27. The lowest BCUT2D eigenvalue weighted by molar-refractivity contribution is 1.16. The summed E-state index contributed by atoms with van der Waals surface area (Å²) in [5, 5.41) is 5.48. The largest absolute Gasteiger partial charge is 0.0991 e. The number of fused-ring (bicyclic) bond motifs is 3. The van der Waals surface area contributed by atoms with E-state index in [1.165, 1.54) is 112 Å². The second-order valence-corrected chi connectivity index (χ2v) is 14.4. The zero-order valence-electron chi connectivity index (χ0n) is 30.1. The lowest BCUT2D eigenvalue weighted by Crippen LogP contribution is -1.93. The van der Waals surface area contributed by atoms with Crippen molar-refractivity contribution < 1.29 is 0 Å². The Morgan fingerprint density at radius 3 is 1.94 bits per heavy atom. The fourth-order valence-corrected chi connectivity index (χ4v) is 7.90. The van der Waals surface area contributed by atoms with Gasteiger partial charge >= 0.3 is 0 Å². The Labute approximate surface area is 303 Å². The molecule has 0 heterocycles. The van der Waals surface area contributed by atoms with Crippen LogP contribution in [-0.2, 0) is 0 Å². The molecule has 51 heavy (non-hydrogen) atoms. The Kier molecular flexibility index (Phi) is 8.62. The number of hydrogen-bond donors (Lipinski definition) is 0. The first-order chi connectivity index (χ1) is 24.9. The predicted molar refractivity (Wildman–Crippen MR) is 222 cm³/mol. The SMILES string of the molecule is C=C/C=C\C(=C(C)C)c1cccc(-c2cccc(-c3cccc(-c4ccc(C)c(-c5cccc6c5c(C5CC5)cc5ccccc56)c4)c3)c2)c1C. The molecule has 0 atom stereocenters. The average molecular weight is 657 g/mol. The van der Waals surface area contributed by atoms with Gasteiger partial charge in [0.1, 0.15) is 0 Å². The molecule has 0 unspecified atom stereocenters. The molecule has 0 N–H and O–H groups in total. The summed E-state index contributed by atoms with van der Waals surface area (Å²) in [5.41, 5.74) is 17.9. The highest BCUT2D eigenvalue weighted by Crippen LogP contribution is 2.48. The van der Waals surface area contributed by atoms with Crippen molar-refractivity contribution in [2.45, 2.75) is 46.5 Å². The smallest absolute Gasteiger partial charge is 0.00639 e. The normalized spacial score (nSPS) is 12.9. The molecule has 0 nitrogen and oxygen atoms in total. The molecular formula is C51H44. The highest BCUT2D eigenvalue weighted by molar-refractivity contribution is 6.14. The summed E-state index contributed by atoms with van der Waals surface area (Å²) >= 11 is 0. The third-order valence-electron chi connectivity index (χ3n) is 10.7. The summed E-state index contributed by atoms with van der Waals surface area (Å²) in [4.78, 5) is 0. The minimum atomic E-state index is 0.656. The van der Waals surface area contributed by atoms with E-state index in [2.05, 4.69) is 174 Å². The molecular weight excluding hydrogens is 613 g/mol. The molecule has 1 saturated carbocycles. The average Bonchev–Trinajstić information content (AvgIpc) is 4.01. The van der Waals surface area contributed by atoms with Crippen LogP contribution in [0.25, 0.3) is 71.6 Å². The van der Waals surface area contributed by atoms with E-state index >= 15 is 0 Å². The second-order valence-electron chi connectivity index (χ2n) is 14.4. The monoisotopic (exact) mass is 656 g/mol. The van der Waals surface area contributed by atoms with Crippen molar-refractivity contribution in [3.63, 3.8) is 0 Å². The molecule has 8 rings (SSSR count). The van der Waals surface area contributed by atoms with Crippen LogP contribution >= 0.6 is 0 Å². The quantitative estimate of drug-likeness (QED) is 0.113. The van der Waals surface area contributed by atoms with Gasteiger partial charge in [0.25, 0.3) is 0 Å². The van der Waals surface area contributed by atoms with Crippen molar-refractivity contribution in [1.29, 1.82) is 0 Å². The molecule has 0 aromatic heterocycles. The van der Waals surface area contributed by atoms with Crippen molar-refractivity contribution in [2.75, 3.05) is 0 Å². The standard InChI is InChI=1S/C51H44/c1-6-7-19-43(33(2)3)45-22-12-21-44(35(45)5)41-18-11-17-39(30-41)37-15-10-16-38(29-37)40-26-25-34(4)49(31-40)48-24-13-23-47-46-20-9-8-14-42(46)32-50(51(47)48)36-27-28-36/h6-26,29-32,36H,1,27-28H2,2-5H3/b19-7-. The number of aryl methyl sites for hydroxylation is 1. The van der Waals surface area contributed by atoms with Crippen LogP contribution in [0.4, 0.5) is 0 Å². The number of rotatable bonds is 8. The van der Waals surface area contributed by atoms with Gasteiger partial charge in [-0.1, -0.05) is 146 Å². The molecule has 0 amide bonds. The maximum atomic E-state index is 3.88. The number of hydrogen-bond acceptors (Lipinski definition) is 0. The van der Waals surface area contributed by atoms with Gasteiger partial charge in [-0.25, -0.2) is 0 Å². The van der Waals surface area contributed by atoms with E-state index in [1.807, 2.05) is 12.2 Å². The summed E-state index contributed by atoms with van der Waals surface area (Å²) in [5.74, 6) is 0.656. The number of allylic oxidation sites excluding steroid dienone is 5. The fourth-order valence-electron chi connectivity index (χ4n) is 7.90. The maximum absolute atomic E-state index is 3.88. The summed E-state index contributed by atoms with van der Waals surface area (Å²) in [7, 11) is 0. The molecule has 7 aromatic rings. The van der Waals surface area contributed by atoms with Crippen LogP contribution in [0.1, 0.15) is 54.9 Å². The third kappa shape index (κ3) is 6.17. The summed E-state index contributed by atoms with van der Waals surface area (Å²) in [6.45, 7) is 12.7. The molecule has 0 heteroatoms. The van der Waals surface area contributed by atoms with Crippen molar-refractivity contribution in [3.8, 4) is 44.5 Å². The van der Waals surface area contributed by atoms with Crippen LogP contribution in [0.3, 0.4) is 0 Å². The van der Waals surface area contributed by atoms with Gasteiger partial charge in [-0.2, -0.15) is 0 Å². The molecule has 0 bridgehead atoms. The van der Waals surface area contributed by atoms with Crippen LogP contribution in [0, 0.1) is 13.8 Å². The fraction of sp³-hybridized carbons (Fsp3) is 0.137. The van der Waals surface area contributed by atoms with Gasteiger partial charge in [0.15, 0.2) is 0 Å². The van der Waals surface area contributed by atoms with E-state index in [1.54, 1.807) is 0 Å². The first kappa shape index (κ1) is 32.5. The first-order valence-corrected chi connectivity index (χ1v) is 18.2. The molecule has 1 aliphatic rings. The van der Waals surface area contributed by atoms with Gasteiger partial charge in [-0.3, -0.25) is 0 Å². The van der Waals surface area contributed by atoms with Gasteiger partial charge in [-0.15, -0.1) is 0 Å². The van der Waals surface area contributed by atoms with Crippen molar-refractivity contribution in [3.05, 3.63) is 186 Å². The Morgan fingerprint density at radius 2 is 1.22 bits per heavy atom. The van der Waals surface area contributed by atoms with Gasteiger partial charge < -0.3 is 0 Å². The molecule has 0 aliphatic heterocycles. The molecule has 0 spiro atoms. The van der Waals surface area contributed by atoms with Crippen molar-refractivity contribution in [2.24, 2.45) is 0 Å². The maximum Gasteiger partial charge on any atom is -0.00639 e. The molecule has 1 fully saturated rings. The van der Waals surface area contributed by atoms with E-state index in [0.29, 0.717) is 5.92 Å². The van der Waals surface area contributed by atoms with E-state index in [4.69, 9.17) is 0 Å². The molecule has 0 saturated heterocycles. The van der Waals surface area contributed by atoms with Gasteiger partial charge in [0.2, 0.25) is 0 Å².